The highest BCUT2D eigenvalue weighted by atomic mass is 16.2. The van der Waals surface area contributed by atoms with Crippen molar-refractivity contribution in [2.24, 2.45) is 11.3 Å². The number of nitrogens with one attached hydrogen (secondary N) is 1. The molecular formula is C15H26N2O2. The van der Waals surface area contributed by atoms with E-state index in [2.05, 4.69) is 5.32 Å². The highest BCUT2D eigenvalue weighted by Gasteiger charge is 2.51. The summed E-state index contributed by atoms with van der Waals surface area (Å²) in [5, 5.41) is 3.33. The van der Waals surface area contributed by atoms with Crippen molar-refractivity contribution in [2.75, 3.05) is 13.1 Å². The van der Waals surface area contributed by atoms with Gasteiger partial charge in [0.25, 0.3) is 0 Å². The zero-order valence-electron chi connectivity index (χ0n) is 12.4. The van der Waals surface area contributed by atoms with Gasteiger partial charge in [0.1, 0.15) is 0 Å². The molecule has 2 heterocycles. The lowest BCUT2D eigenvalue weighted by atomic mass is 9.80. The molecule has 0 aromatic heterocycles. The Morgan fingerprint density at radius 3 is 2.32 bits per heavy atom. The third-order valence-electron chi connectivity index (χ3n) is 5.26. The molecule has 0 aliphatic carbocycles. The van der Waals surface area contributed by atoms with Crippen LogP contribution in [-0.4, -0.2) is 35.8 Å². The third kappa shape index (κ3) is 2.42. The fraction of sp³-hybridized carbons (Fsp3) is 0.867. The minimum atomic E-state index is -0.418. The number of hydrogen-bond donors (Lipinski definition) is 1. The van der Waals surface area contributed by atoms with Gasteiger partial charge in [-0.2, -0.15) is 0 Å². The molecule has 2 saturated heterocycles. The predicted molar refractivity (Wildman–Crippen MR) is 74.5 cm³/mol. The van der Waals surface area contributed by atoms with Gasteiger partial charge in [-0.1, -0.05) is 13.8 Å². The Labute approximate surface area is 115 Å². The average Bonchev–Trinajstić information content (AvgIpc) is 2.70. The quantitative estimate of drug-likeness (QED) is 0.791. The molecule has 0 bridgehead atoms. The van der Waals surface area contributed by atoms with Crippen LogP contribution in [0.3, 0.4) is 0 Å². The lowest BCUT2D eigenvalue weighted by Crippen LogP contribution is -2.47. The second kappa shape index (κ2) is 5.61. The molecule has 2 aliphatic heterocycles. The van der Waals surface area contributed by atoms with Crippen molar-refractivity contribution in [3.8, 4) is 0 Å². The molecule has 4 heteroatoms. The van der Waals surface area contributed by atoms with Crippen molar-refractivity contribution in [1.29, 1.82) is 0 Å². The van der Waals surface area contributed by atoms with Crippen LogP contribution in [0, 0.1) is 11.3 Å². The standard InChI is InChI=1S/C15H26N2O2/c1-4-15(5-2)10-13(18)17(14(15)19)11(3)12-6-8-16-9-7-12/h11-12,16H,4-10H2,1-3H3. The van der Waals surface area contributed by atoms with Gasteiger partial charge in [-0.3, -0.25) is 14.5 Å². The summed E-state index contributed by atoms with van der Waals surface area (Å²) in [5.74, 6) is 0.576. The lowest BCUT2D eigenvalue weighted by molar-refractivity contribution is -0.145. The maximum atomic E-state index is 12.7. The number of hydrogen-bond acceptors (Lipinski definition) is 3. The van der Waals surface area contributed by atoms with Crippen LogP contribution in [0.25, 0.3) is 0 Å². The highest BCUT2D eigenvalue weighted by Crippen LogP contribution is 2.41. The molecule has 1 N–H and O–H groups in total. The molecule has 1 atom stereocenters. The SMILES string of the molecule is CCC1(CC)CC(=O)N(C(C)C2CCNCC2)C1=O. The van der Waals surface area contributed by atoms with E-state index in [0.717, 1.165) is 38.8 Å². The fourth-order valence-corrected chi connectivity index (χ4v) is 3.57. The fourth-order valence-electron chi connectivity index (χ4n) is 3.57. The summed E-state index contributed by atoms with van der Waals surface area (Å²) in [6, 6.07) is 0.0575. The summed E-state index contributed by atoms with van der Waals surface area (Å²) in [5.41, 5.74) is -0.418. The second-order valence-electron chi connectivity index (χ2n) is 6.06. The zero-order valence-corrected chi connectivity index (χ0v) is 12.4. The maximum Gasteiger partial charge on any atom is 0.236 e. The molecular weight excluding hydrogens is 240 g/mol. The normalized spacial score (nSPS) is 25.9. The van der Waals surface area contributed by atoms with Crippen molar-refractivity contribution in [1.82, 2.24) is 10.2 Å². The number of amides is 2. The molecule has 0 spiro atoms. The lowest BCUT2D eigenvalue weighted by Gasteiger charge is -2.34. The Morgan fingerprint density at radius 1 is 1.26 bits per heavy atom. The monoisotopic (exact) mass is 266 g/mol. The molecule has 2 rings (SSSR count). The first-order valence-electron chi connectivity index (χ1n) is 7.63. The Morgan fingerprint density at radius 2 is 1.84 bits per heavy atom. The Bertz CT molecular complexity index is 357. The molecule has 19 heavy (non-hydrogen) atoms. The summed E-state index contributed by atoms with van der Waals surface area (Å²) in [7, 11) is 0. The second-order valence-corrected chi connectivity index (χ2v) is 6.06. The molecule has 2 fully saturated rings. The maximum absolute atomic E-state index is 12.7. The van der Waals surface area contributed by atoms with Gasteiger partial charge in [0.05, 0.1) is 5.41 Å². The molecule has 0 saturated carbocycles. The molecule has 4 nitrogen and oxygen atoms in total. The number of carbonyl (C=O) groups excluding carboxylic acids is 2. The number of rotatable bonds is 4. The van der Waals surface area contributed by atoms with Crippen molar-refractivity contribution in [2.45, 2.75) is 58.9 Å². The number of carbonyl (C=O) groups is 2. The van der Waals surface area contributed by atoms with Gasteiger partial charge in [-0.05, 0) is 51.6 Å². The molecule has 0 aromatic rings. The summed E-state index contributed by atoms with van der Waals surface area (Å²) in [6.45, 7) is 8.09. The van der Waals surface area contributed by atoms with Gasteiger partial charge < -0.3 is 5.32 Å². The molecule has 1 unspecified atom stereocenters. The topological polar surface area (TPSA) is 49.4 Å². The van der Waals surface area contributed by atoms with Crippen LogP contribution in [0.4, 0.5) is 0 Å². The van der Waals surface area contributed by atoms with Gasteiger partial charge >= 0.3 is 0 Å². The van der Waals surface area contributed by atoms with E-state index < -0.39 is 5.41 Å². The molecule has 108 valence electrons. The van der Waals surface area contributed by atoms with Crippen LogP contribution in [0.15, 0.2) is 0 Å². The molecule has 0 aromatic carbocycles. The predicted octanol–water partition coefficient (Wildman–Crippen LogP) is 1.94. The van der Waals surface area contributed by atoms with Crippen molar-refractivity contribution >= 4 is 11.8 Å². The van der Waals surface area contributed by atoms with Gasteiger partial charge in [-0.25, -0.2) is 0 Å². The van der Waals surface area contributed by atoms with E-state index in [4.69, 9.17) is 0 Å². The Balaban J connectivity index is 2.15. The summed E-state index contributed by atoms with van der Waals surface area (Å²) in [6.07, 6.45) is 4.06. The average molecular weight is 266 g/mol. The number of imide groups is 1. The summed E-state index contributed by atoms with van der Waals surface area (Å²) >= 11 is 0. The van der Waals surface area contributed by atoms with E-state index in [9.17, 15) is 9.59 Å². The number of nitrogens with zero attached hydrogens (tertiary/aromatic N) is 1. The first-order chi connectivity index (χ1) is 9.05. The Kier molecular flexibility index (Phi) is 4.29. The summed E-state index contributed by atoms with van der Waals surface area (Å²) < 4.78 is 0. The van der Waals surface area contributed by atoms with Crippen LogP contribution in [-0.2, 0) is 9.59 Å². The smallest absolute Gasteiger partial charge is 0.236 e. The Hall–Kier alpha value is -0.900. The van der Waals surface area contributed by atoms with E-state index in [0.29, 0.717) is 12.3 Å². The highest BCUT2D eigenvalue weighted by molar-refractivity contribution is 6.06. The molecule has 2 amide bonds. The van der Waals surface area contributed by atoms with E-state index in [1.165, 1.54) is 0 Å². The van der Waals surface area contributed by atoms with Crippen molar-refractivity contribution in [3.63, 3.8) is 0 Å². The van der Waals surface area contributed by atoms with Crippen LogP contribution in [0.5, 0.6) is 0 Å². The van der Waals surface area contributed by atoms with E-state index in [1.807, 2.05) is 20.8 Å². The minimum Gasteiger partial charge on any atom is -0.317 e. The third-order valence-corrected chi connectivity index (χ3v) is 5.26. The van der Waals surface area contributed by atoms with Gasteiger partial charge in [0.15, 0.2) is 0 Å². The largest absolute Gasteiger partial charge is 0.317 e. The van der Waals surface area contributed by atoms with E-state index in [-0.39, 0.29) is 17.9 Å². The molecule has 0 radical (unpaired) electrons. The van der Waals surface area contributed by atoms with Crippen molar-refractivity contribution in [3.05, 3.63) is 0 Å². The van der Waals surface area contributed by atoms with Gasteiger partial charge in [-0.15, -0.1) is 0 Å². The van der Waals surface area contributed by atoms with Crippen molar-refractivity contribution < 1.29 is 9.59 Å². The van der Waals surface area contributed by atoms with Crippen LogP contribution >= 0.6 is 0 Å². The summed E-state index contributed by atoms with van der Waals surface area (Å²) in [4.78, 5) is 26.6. The number of piperidine rings is 1. The van der Waals surface area contributed by atoms with E-state index in [1.54, 1.807) is 4.90 Å². The van der Waals surface area contributed by atoms with Gasteiger partial charge in [0.2, 0.25) is 11.8 Å². The first kappa shape index (κ1) is 14.5. The number of likely N-dealkylation sites (tertiary alicyclic amines) is 1. The molecule has 2 aliphatic rings. The van der Waals surface area contributed by atoms with Crippen LogP contribution in [0.1, 0.15) is 52.9 Å². The first-order valence-corrected chi connectivity index (χ1v) is 7.63. The van der Waals surface area contributed by atoms with Crippen LogP contribution < -0.4 is 5.32 Å². The minimum absolute atomic E-state index is 0.0414. The van der Waals surface area contributed by atoms with Gasteiger partial charge in [0, 0.05) is 12.5 Å². The van der Waals surface area contributed by atoms with E-state index >= 15 is 0 Å². The van der Waals surface area contributed by atoms with Crippen LogP contribution in [0.2, 0.25) is 0 Å². The zero-order chi connectivity index (χ0) is 14.0.